The Morgan fingerprint density at radius 1 is 1.45 bits per heavy atom. The van der Waals surface area contributed by atoms with E-state index in [4.69, 9.17) is 0 Å². The molecule has 3 heteroatoms. The number of rotatable bonds is 2. The average molecular weight is 277 g/mol. The maximum absolute atomic E-state index is 4.02. The number of hydrogen-bond donors (Lipinski definition) is 0. The molecular weight excluding hydrogens is 270 g/mol. The molecule has 1 aromatic rings. The summed E-state index contributed by atoms with van der Waals surface area (Å²) in [6.45, 7) is 0. The van der Waals surface area contributed by atoms with Crippen molar-refractivity contribution in [3.8, 4) is 0 Å². The summed E-state index contributed by atoms with van der Waals surface area (Å²) in [6, 6.07) is 2.02. The largest absolute Gasteiger partial charge is 0.263 e. The van der Waals surface area contributed by atoms with Crippen molar-refractivity contribution >= 4 is 37.9 Å². The van der Waals surface area contributed by atoms with Gasteiger partial charge in [0.05, 0.1) is 0 Å². The van der Waals surface area contributed by atoms with Crippen molar-refractivity contribution < 1.29 is 0 Å². The van der Waals surface area contributed by atoms with Crippen LogP contribution in [0.4, 0.5) is 0 Å². The molecule has 0 atom stereocenters. The quantitative estimate of drug-likeness (QED) is 0.756. The Balaban J connectivity index is 2.79. The van der Waals surface area contributed by atoms with Gasteiger partial charge < -0.3 is 0 Å². The van der Waals surface area contributed by atoms with Crippen LogP contribution in [-0.4, -0.2) is 10.3 Å². The first-order chi connectivity index (χ1) is 5.33. The van der Waals surface area contributed by atoms with Crippen molar-refractivity contribution in [2.24, 2.45) is 0 Å². The van der Waals surface area contributed by atoms with E-state index in [9.17, 15) is 0 Å². The van der Waals surface area contributed by atoms with E-state index >= 15 is 0 Å². The summed E-state index contributed by atoms with van der Waals surface area (Å²) < 4.78 is 1.01. The molecule has 0 radical (unpaired) electrons. The Morgan fingerprint density at radius 3 is 2.91 bits per heavy atom. The standard InChI is InChI=1S/C8H7Br2N/c9-3-1-2-7-4-8(10)6-11-5-7/h1-2,4-6H,3H2. The predicted molar refractivity (Wildman–Crippen MR) is 54.8 cm³/mol. The molecule has 0 aliphatic carbocycles. The van der Waals surface area contributed by atoms with Gasteiger partial charge in [-0.1, -0.05) is 28.1 Å². The number of pyridine rings is 1. The van der Waals surface area contributed by atoms with Crippen LogP contribution in [0.25, 0.3) is 6.08 Å². The van der Waals surface area contributed by atoms with Crippen LogP contribution in [0, 0.1) is 0 Å². The molecule has 0 spiro atoms. The molecule has 0 aliphatic heterocycles. The van der Waals surface area contributed by atoms with Crippen molar-refractivity contribution in [2.45, 2.75) is 0 Å². The van der Waals surface area contributed by atoms with Crippen LogP contribution in [0.5, 0.6) is 0 Å². The molecule has 0 bridgehead atoms. The first-order valence-electron chi connectivity index (χ1n) is 3.16. The van der Waals surface area contributed by atoms with Gasteiger partial charge in [0.1, 0.15) is 0 Å². The van der Waals surface area contributed by atoms with E-state index < -0.39 is 0 Å². The maximum atomic E-state index is 4.02. The van der Waals surface area contributed by atoms with Crippen molar-refractivity contribution in [3.05, 3.63) is 34.6 Å². The number of hydrogen-bond acceptors (Lipinski definition) is 1. The number of allylic oxidation sites excluding steroid dienone is 1. The zero-order valence-corrected chi connectivity index (χ0v) is 8.97. The third-order valence-electron chi connectivity index (χ3n) is 1.13. The van der Waals surface area contributed by atoms with E-state index in [1.165, 1.54) is 0 Å². The molecule has 0 aliphatic rings. The molecule has 0 aromatic carbocycles. The topological polar surface area (TPSA) is 12.9 Å². The number of halogens is 2. The highest BCUT2D eigenvalue weighted by molar-refractivity contribution is 9.10. The minimum Gasteiger partial charge on any atom is -0.263 e. The number of alkyl halides is 1. The van der Waals surface area contributed by atoms with Gasteiger partial charge in [-0.25, -0.2) is 0 Å². The van der Waals surface area contributed by atoms with E-state index in [0.717, 1.165) is 15.4 Å². The summed E-state index contributed by atoms with van der Waals surface area (Å²) >= 11 is 6.65. The van der Waals surface area contributed by atoms with Crippen LogP contribution in [0.15, 0.2) is 29.0 Å². The van der Waals surface area contributed by atoms with Gasteiger partial charge in [0.2, 0.25) is 0 Å². The van der Waals surface area contributed by atoms with Gasteiger partial charge in [-0.2, -0.15) is 0 Å². The summed E-state index contributed by atoms with van der Waals surface area (Å²) in [5.74, 6) is 0. The van der Waals surface area contributed by atoms with E-state index in [1.54, 1.807) is 6.20 Å². The second-order valence-corrected chi connectivity index (χ2v) is 3.56. The Bertz CT molecular complexity index is 258. The van der Waals surface area contributed by atoms with Crippen LogP contribution < -0.4 is 0 Å². The van der Waals surface area contributed by atoms with Gasteiger partial charge in [-0.3, -0.25) is 4.98 Å². The molecule has 0 unspecified atom stereocenters. The highest BCUT2D eigenvalue weighted by Gasteiger charge is 1.87. The van der Waals surface area contributed by atoms with Crippen molar-refractivity contribution in [1.29, 1.82) is 0 Å². The molecule has 0 fully saturated rings. The highest BCUT2D eigenvalue weighted by Crippen LogP contribution is 2.10. The Labute approximate surface area is 82.8 Å². The molecule has 1 aromatic heterocycles. The normalized spacial score (nSPS) is 10.7. The first kappa shape index (κ1) is 8.94. The summed E-state index contributed by atoms with van der Waals surface area (Å²) in [4.78, 5) is 4.02. The summed E-state index contributed by atoms with van der Waals surface area (Å²) in [5, 5.41) is 0.875. The van der Waals surface area contributed by atoms with Crippen LogP contribution >= 0.6 is 31.9 Å². The minimum atomic E-state index is 0.875. The molecule has 0 saturated heterocycles. The summed E-state index contributed by atoms with van der Waals surface area (Å²) in [5.41, 5.74) is 1.11. The number of nitrogens with zero attached hydrogens (tertiary/aromatic N) is 1. The zero-order chi connectivity index (χ0) is 8.10. The van der Waals surface area contributed by atoms with Crippen molar-refractivity contribution in [2.75, 3.05) is 5.33 Å². The lowest BCUT2D eigenvalue weighted by Gasteiger charge is -1.91. The average Bonchev–Trinajstić information content (AvgIpc) is 2.01. The smallest absolute Gasteiger partial charge is 0.0410 e. The van der Waals surface area contributed by atoms with Gasteiger partial charge in [-0.15, -0.1) is 0 Å². The minimum absolute atomic E-state index is 0.875. The molecule has 0 N–H and O–H groups in total. The molecule has 1 nitrogen and oxygen atoms in total. The summed E-state index contributed by atoms with van der Waals surface area (Å²) in [7, 11) is 0. The van der Waals surface area contributed by atoms with Crippen LogP contribution in [-0.2, 0) is 0 Å². The number of aromatic nitrogens is 1. The van der Waals surface area contributed by atoms with Crippen molar-refractivity contribution in [1.82, 2.24) is 4.98 Å². The molecule has 0 amide bonds. The van der Waals surface area contributed by atoms with E-state index in [-0.39, 0.29) is 0 Å². The molecule has 1 heterocycles. The fourth-order valence-corrected chi connectivity index (χ4v) is 1.27. The van der Waals surface area contributed by atoms with Crippen LogP contribution in [0.3, 0.4) is 0 Å². The highest BCUT2D eigenvalue weighted by atomic mass is 79.9. The zero-order valence-electron chi connectivity index (χ0n) is 5.80. The van der Waals surface area contributed by atoms with Gasteiger partial charge in [-0.05, 0) is 27.6 Å². The molecular formula is C8H7Br2N. The van der Waals surface area contributed by atoms with E-state index in [0.29, 0.717) is 0 Å². The SMILES string of the molecule is BrCC=Cc1cncc(Br)c1. The lowest BCUT2D eigenvalue weighted by Crippen LogP contribution is -1.75. The molecule has 58 valence electrons. The fraction of sp³-hybridized carbons (Fsp3) is 0.125. The Kier molecular flexibility index (Phi) is 3.80. The van der Waals surface area contributed by atoms with E-state index in [1.807, 2.05) is 24.4 Å². The fourth-order valence-electron chi connectivity index (χ4n) is 0.700. The van der Waals surface area contributed by atoms with E-state index in [2.05, 4.69) is 36.8 Å². The third-order valence-corrected chi connectivity index (χ3v) is 1.93. The van der Waals surface area contributed by atoms with Crippen LogP contribution in [0.1, 0.15) is 5.56 Å². The molecule has 1 rings (SSSR count). The third kappa shape index (κ3) is 3.16. The van der Waals surface area contributed by atoms with Crippen LogP contribution in [0.2, 0.25) is 0 Å². The van der Waals surface area contributed by atoms with Gasteiger partial charge in [0, 0.05) is 22.2 Å². The lowest BCUT2D eigenvalue weighted by atomic mass is 10.3. The van der Waals surface area contributed by atoms with Gasteiger partial charge in [0.25, 0.3) is 0 Å². The molecule has 11 heavy (non-hydrogen) atoms. The van der Waals surface area contributed by atoms with Gasteiger partial charge >= 0.3 is 0 Å². The predicted octanol–water partition coefficient (Wildman–Crippen LogP) is 3.25. The summed E-state index contributed by atoms with van der Waals surface area (Å²) in [6.07, 6.45) is 7.64. The second kappa shape index (κ2) is 4.67. The Morgan fingerprint density at radius 2 is 2.27 bits per heavy atom. The lowest BCUT2D eigenvalue weighted by molar-refractivity contribution is 1.30. The Hall–Kier alpha value is -0.150. The van der Waals surface area contributed by atoms with Crippen molar-refractivity contribution in [3.63, 3.8) is 0 Å². The first-order valence-corrected chi connectivity index (χ1v) is 5.07. The monoisotopic (exact) mass is 275 g/mol. The second-order valence-electron chi connectivity index (χ2n) is 1.99. The molecule has 0 saturated carbocycles. The maximum Gasteiger partial charge on any atom is 0.0410 e. The van der Waals surface area contributed by atoms with Gasteiger partial charge in [0.15, 0.2) is 0 Å².